The van der Waals surface area contributed by atoms with Crippen LogP contribution in [0.2, 0.25) is 0 Å². The molecule has 0 unspecified atom stereocenters. The van der Waals surface area contributed by atoms with E-state index in [1.54, 1.807) is 0 Å². The molecule has 1 aliphatic rings. The summed E-state index contributed by atoms with van der Waals surface area (Å²) in [7, 11) is -3.76. The molecule has 0 amide bonds. The molecule has 2 aromatic carbocycles. The molecule has 2 aromatic rings. The Bertz CT molecular complexity index is 843. The smallest absolute Gasteiger partial charge is 0.335 e. The van der Waals surface area contributed by atoms with Crippen molar-refractivity contribution in [3.8, 4) is 11.1 Å². The minimum atomic E-state index is -3.76. The fraction of sp³-hybridized carbons (Fsp3) is 0.235. The van der Waals surface area contributed by atoms with Crippen LogP contribution in [0, 0.1) is 0 Å². The summed E-state index contributed by atoms with van der Waals surface area (Å²) in [5, 5.41) is 9.33. The van der Waals surface area contributed by atoms with Crippen LogP contribution in [0.1, 0.15) is 10.4 Å². The number of hydrogen-bond donors (Lipinski definition) is 1. The van der Waals surface area contributed by atoms with Crippen molar-refractivity contribution in [2.24, 2.45) is 0 Å². The Balaban J connectivity index is 2.10. The molecule has 0 spiro atoms. The van der Waals surface area contributed by atoms with Crippen LogP contribution in [0.15, 0.2) is 53.4 Å². The van der Waals surface area contributed by atoms with Gasteiger partial charge in [0.2, 0.25) is 10.0 Å². The molecule has 7 heteroatoms. The molecule has 0 radical (unpaired) electrons. The van der Waals surface area contributed by atoms with Crippen molar-refractivity contribution in [2.45, 2.75) is 4.90 Å². The monoisotopic (exact) mass is 347 g/mol. The van der Waals surface area contributed by atoms with Gasteiger partial charge in [0.15, 0.2) is 0 Å². The molecular formula is C17H17NO5S. The minimum absolute atomic E-state index is 0.0110. The van der Waals surface area contributed by atoms with Crippen LogP contribution in [0.4, 0.5) is 0 Å². The highest BCUT2D eigenvalue weighted by molar-refractivity contribution is 7.89. The number of hydrogen-bond acceptors (Lipinski definition) is 4. The summed E-state index contributed by atoms with van der Waals surface area (Å²) in [6, 6.07) is 13.3. The van der Waals surface area contributed by atoms with Crippen molar-refractivity contribution in [1.82, 2.24) is 4.31 Å². The van der Waals surface area contributed by atoms with Gasteiger partial charge in [0.25, 0.3) is 0 Å². The van der Waals surface area contributed by atoms with Crippen LogP contribution in [0.25, 0.3) is 11.1 Å². The van der Waals surface area contributed by atoms with Crippen molar-refractivity contribution in [3.63, 3.8) is 0 Å². The van der Waals surface area contributed by atoms with E-state index in [0.29, 0.717) is 18.8 Å². The number of morpholine rings is 1. The van der Waals surface area contributed by atoms with E-state index in [4.69, 9.17) is 4.74 Å². The average Bonchev–Trinajstić information content (AvgIpc) is 2.62. The van der Waals surface area contributed by atoms with E-state index in [9.17, 15) is 18.3 Å². The maximum Gasteiger partial charge on any atom is 0.335 e. The molecule has 1 fully saturated rings. The predicted molar refractivity (Wildman–Crippen MR) is 88.4 cm³/mol. The second kappa shape index (κ2) is 6.72. The minimum Gasteiger partial charge on any atom is -0.478 e. The summed E-state index contributed by atoms with van der Waals surface area (Å²) in [6.45, 7) is 1.20. The van der Waals surface area contributed by atoms with Gasteiger partial charge in [0, 0.05) is 13.1 Å². The van der Waals surface area contributed by atoms with E-state index in [1.807, 2.05) is 30.3 Å². The lowest BCUT2D eigenvalue weighted by atomic mass is 10.0. The number of ether oxygens (including phenoxy) is 1. The summed E-state index contributed by atoms with van der Waals surface area (Å²) in [5.41, 5.74) is 1.27. The third-order valence-electron chi connectivity index (χ3n) is 3.87. The predicted octanol–water partition coefficient (Wildman–Crippen LogP) is 2.07. The lowest BCUT2D eigenvalue weighted by Gasteiger charge is -2.26. The first-order valence-corrected chi connectivity index (χ1v) is 8.94. The molecule has 24 heavy (non-hydrogen) atoms. The molecule has 0 saturated carbocycles. The summed E-state index contributed by atoms with van der Waals surface area (Å²) < 4.78 is 32.2. The fourth-order valence-electron chi connectivity index (χ4n) is 2.60. The second-order valence-corrected chi connectivity index (χ2v) is 7.37. The SMILES string of the molecule is O=C(O)c1cc(-c2ccccc2)cc(S(=O)(=O)N2CCOCC2)c1. The van der Waals surface area contributed by atoms with E-state index < -0.39 is 16.0 Å². The zero-order chi connectivity index (χ0) is 17.2. The number of rotatable bonds is 4. The van der Waals surface area contributed by atoms with E-state index in [0.717, 1.165) is 5.56 Å². The lowest BCUT2D eigenvalue weighted by molar-refractivity contribution is 0.0696. The van der Waals surface area contributed by atoms with Crippen LogP contribution >= 0.6 is 0 Å². The number of nitrogens with zero attached hydrogens (tertiary/aromatic N) is 1. The van der Waals surface area contributed by atoms with Crippen molar-refractivity contribution in [3.05, 3.63) is 54.1 Å². The van der Waals surface area contributed by atoms with E-state index in [-0.39, 0.29) is 23.5 Å². The first-order valence-electron chi connectivity index (χ1n) is 7.50. The van der Waals surface area contributed by atoms with Gasteiger partial charge in [0.1, 0.15) is 0 Å². The van der Waals surface area contributed by atoms with Gasteiger partial charge in [-0.15, -0.1) is 0 Å². The highest BCUT2D eigenvalue weighted by Crippen LogP contribution is 2.27. The van der Waals surface area contributed by atoms with Crippen molar-refractivity contribution >= 4 is 16.0 Å². The molecule has 0 atom stereocenters. The third-order valence-corrected chi connectivity index (χ3v) is 5.74. The van der Waals surface area contributed by atoms with Gasteiger partial charge in [0.05, 0.1) is 23.7 Å². The molecular weight excluding hydrogens is 330 g/mol. The third kappa shape index (κ3) is 3.33. The summed E-state index contributed by atoms with van der Waals surface area (Å²) in [4.78, 5) is 11.4. The normalized spacial score (nSPS) is 16.0. The summed E-state index contributed by atoms with van der Waals surface area (Å²) in [5.74, 6) is -1.16. The van der Waals surface area contributed by atoms with E-state index in [1.165, 1.54) is 22.5 Å². The number of benzene rings is 2. The largest absolute Gasteiger partial charge is 0.478 e. The van der Waals surface area contributed by atoms with Crippen LogP contribution < -0.4 is 0 Å². The van der Waals surface area contributed by atoms with Crippen LogP contribution in [-0.4, -0.2) is 50.1 Å². The quantitative estimate of drug-likeness (QED) is 0.915. The van der Waals surface area contributed by atoms with Crippen LogP contribution in [0.3, 0.4) is 0 Å². The lowest BCUT2D eigenvalue weighted by Crippen LogP contribution is -2.40. The Morgan fingerprint density at radius 3 is 2.29 bits per heavy atom. The van der Waals surface area contributed by atoms with Gasteiger partial charge in [-0.3, -0.25) is 0 Å². The molecule has 126 valence electrons. The molecule has 1 saturated heterocycles. The standard InChI is InChI=1S/C17H17NO5S/c19-17(20)15-10-14(13-4-2-1-3-5-13)11-16(12-15)24(21,22)18-6-8-23-9-7-18/h1-5,10-12H,6-9H2,(H,19,20). The van der Waals surface area contributed by atoms with Gasteiger partial charge in [-0.1, -0.05) is 30.3 Å². The van der Waals surface area contributed by atoms with Gasteiger partial charge < -0.3 is 9.84 Å². The molecule has 0 bridgehead atoms. The number of aromatic carboxylic acids is 1. The molecule has 0 aromatic heterocycles. The van der Waals surface area contributed by atoms with Crippen molar-refractivity contribution in [1.29, 1.82) is 0 Å². The Labute approximate surface area is 140 Å². The molecule has 3 rings (SSSR count). The van der Waals surface area contributed by atoms with Gasteiger partial charge >= 0.3 is 5.97 Å². The molecule has 1 N–H and O–H groups in total. The van der Waals surface area contributed by atoms with Gasteiger partial charge in [-0.25, -0.2) is 13.2 Å². The zero-order valence-electron chi connectivity index (χ0n) is 12.9. The Kier molecular flexibility index (Phi) is 4.66. The van der Waals surface area contributed by atoms with Crippen LogP contribution in [-0.2, 0) is 14.8 Å². The van der Waals surface area contributed by atoms with E-state index in [2.05, 4.69) is 0 Å². The fourth-order valence-corrected chi connectivity index (χ4v) is 4.08. The van der Waals surface area contributed by atoms with Gasteiger partial charge in [-0.05, 0) is 29.3 Å². The highest BCUT2D eigenvalue weighted by atomic mass is 32.2. The first kappa shape index (κ1) is 16.6. The van der Waals surface area contributed by atoms with Crippen molar-refractivity contribution < 1.29 is 23.1 Å². The first-order chi connectivity index (χ1) is 11.5. The maximum absolute atomic E-state index is 12.8. The number of carboxylic acids is 1. The second-order valence-electron chi connectivity index (χ2n) is 5.43. The van der Waals surface area contributed by atoms with Crippen LogP contribution in [0.5, 0.6) is 0 Å². The Morgan fingerprint density at radius 2 is 1.67 bits per heavy atom. The molecule has 6 nitrogen and oxygen atoms in total. The topological polar surface area (TPSA) is 83.9 Å². The Hall–Kier alpha value is -2.22. The number of carbonyl (C=O) groups is 1. The summed E-state index contributed by atoms with van der Waals surface area (Å²) >= 11 is 0. The van der Waals surface area contributed by atoms with Crippen molar-refractivity contribution in [2.75, 3.05) is 26.3 Å². The van der Waals surface area contributed by atoms with Gasteiger partial charge in [-0.2, -0.15) is 4.31 Å². The molecule has 0 aliphatic carbocycles. The Morgan fingerprint density at radius 1 is 1.00 bits per heavy atom. The maximum atomic E-state index is 12.8. The molecule has 1 heterocycles. The molecule has 1 aliphatic heterocycles. The average molecular weight is 347 g/mol. The zero-order valence-corrected chi connectivity index (χ0v) is 13.7. The number of carboxylic acid groups (broad SMARTS) is 1. The summed E-state index contributed by atoms with van der Waals surface area (Å²) in [6.07, 6.45) is 0. The highest BCUT2D eigenvalue weighted by Gasteiger charge is 2.27. The number of sulfonamides is 1. The van der Waals surface area contributed by atoms with E-state index >= 15 is 0 Å².